The van der Waals surface area contributed by atoms with Crippen molar-refractivity contribution in [1.29, 1.82) is 5.26 Å². The van der Waals surface area contributed by atoms with Crippen molar-refractivity contribution in [2.75, 3.05) is 0 Å². The van der Waals surface area contributed by atoms with Crippen molar-refractivity contribution in [3.63, 3.8) is 0 Å². The summed E-state index contributed by atoms with van der Waals surface area (Å²) in [5.74, 6) is 0.244. The third kappa shape index (κ3) is 3.59. The first kappa shape index (κ1) is 15.0. The van der Waals surface area contributed by atoms with Crippen LogP contribution in [-0.4, -0.2) is 0 Å². The van der Waals surface area contributed by atoms with E-state index in [1.54, 1.807) is 12.1 Å². The predicted molar refractivity (Wildman–Crippen MR) is 82.2 cm³/mol. The Hall–Kier alpha value is -1.38. The molecule has 2 aromatic carbocycles. The van der Waals surface area contributed by atoms with Crippen LogP contribution >= 0.6 is 31.9 Å². The zero-order valence-corrected chi connectivity index (χ0v) is 13.5. The maximum absolute atomic E-state index is 13.7. The van der Waals surface area contributed by atoms with Gasteiger partial charge in [0.15, 0.2) is 0 Å². The van der Waals surface area contributed by atoms with E-state index < -0.39 is 5.82 Å². The predicted octanol–water partition coefficient (Wildman–Crippen LogP) is 4.93. The molecule has 5 heteroatoms. The number of nitrogens with zero attached hydrogens (tertiary/aromatic N) is 1. The summed E-state index contributed by atoms with van der Waals surface area (Å²) >= 11 is 6.83. The summed E-state index contributed by atoms with van der Waals surface area (Å²) in [7, 11) is 0. The Morgan fingerprint density at radius 3 is 2.60 bits per heavy atom. The molecule has 0 aliphatic rings. The van der Waals surface area contributed by atoms with E-state index in [-0.39, 0.29) is 6.61 Å². The van der Waals surface area contributed by atoms with E-state index >= 15 is 0 Å². The van der Waals surface area contributed by atoms with Crippen molar-refractivity contribution in [2.45, 2.75) is 11.9 Å². The van der Waals surface area contributed by atoms with Crippen LogP contribution in [0, 0.1) is 17.1 Å². The molecule has 0 N–H and O–H groups in total. The van der Waals surface area contributed by atoms with E-state index in [9.17, 15) is 4.39 Å². The lowest BCUT2D eigenvalue weighted by atomic mass is 10.1. The first-order valence-electron chi connectivity index (χ1n) is 5.79. The molecule has 0 aliphatic heterocycles. The van der Waals surface area contributed by atoms with Crippen LogP contribution in [0.2, 0.25) is 0 Å². The summed E-state index contributed by atoms with van der Waals surface area (Å²) < 4.78 is 20.3. The average molecular weight is 399 g/mol. The molecule has 2 rings (SSSR count). The van der Waals surface area contributed by atoms with Gasteiger partial charge < -0.3 is 4.74 Å². The third-order valence-corrected chi connectivity index (χ3v) is 4.12. The molecule has 0 aliphatic carbocycles. The van der Waals surface area contributed by atoms with Gasteiger partial charge in [-0.05, 0) is 35.9 Å². The minimum atomic E-state index is -0.429. The highest BCUT2D eigenvalue weighted by atomic mass is 79.9. The summed E-state index contributed by atoms with van der Waals surface area (Å²) in [6.45, 7) is 0.126. The van der Waals surface area contributed by atoms with Gasteiger partial charge in [-0.15, -0.1) is 0 Å². The molecule has 0 atom stereocenters. The molecule has 0 radical (unpaired) electrons. The molecular formula is C15H10Br2FNO. The minimum absolute atomic E-state index is 0.126. The number of alkyl halides is 1. The Morgan fingerprint density at radius 2 is 1.95 bits per heavy atom. The molecule has 0 amide bonds. The number of benzene rings is 2. The van der Waals surface area contributed by atoms with Gasteiger partial charge in [-0.1, -0.05) is 37.9 Å². The van der Waals surface area contributed by atoms with Crippen LogP contribution in [0.15, 0.2) is 40.9 Å². The highest BCUT2D eigenvalue weighted by Crippen LogP contribution is 2.25. The van der Waals surface area contributed by atoms with Crippen LogP contribution in [0.4, 0.5) is 4.39 Å². The van der Waals surface area contributed by atoms with Gasteiger partial charge in [0.1, 0.15) is 18.2 Å². The normalized spacial score (nSPS) is 10.1. The molecule has 2 nitrogen and oxygen atoms in total. The van der Waals surface area contributed by atoms with Crippen molar-refractivity contribution in [2.24, 2.45) is 0 Å². The number of hydrogen-bond acceptors (Lipinski definition) is 2. The topological polar surface area (TPSA) is 33.0 Å². The van der Waals surface area contributed by atoms with Gasteiger partial charge in [0.05, 0.1) is 11.6 Å². The monoisotopic (exact) mass is 397 g/mol. The first-order valence-corrected chi connectivity index (χ1v) is 7.71. The lowest BCUT2D eigenvalue weighted by Crippen LogP contribution is -1.99. The van der Waals surface area contributed by atoms with Gasteiger partial charge in [-0.3, -0.25) is 0 Å². The summed E-state index contributed by atoms with van der Waals surface area (Å²) in [5.41, 5.74) is 1.78. The number of rotatable bonds is 4. The molecule has 0 saturated heterocycles. The quantitative estimate of drug-likeness (QED) is 0.683. The number of nitriles is 1. The van der Waals surface area contributed by atoms with Crippen LogP contribution < -0.4 is 4.74 Å². The number of halogens is 3. The molecular weight excluding hydrogens is 389 g/mol. The largest absolute Gasteiger partial charge is 0.489 e. The van der Waals surface area contributed by atoms with Gasteiger partial charge in [0, 0.05) is 15.4 Å². The lowest BCUT2D eigenvalue weighted by Gasteiger charge is -2.09. The van der Waals surface area contributed by atoms with Crippen LogP contribution in [0.5, 0.6) is 5.75 Å². The van der Waals surface area contributed by atoms with Crippen molar-refractivity contribution in [3.05, 3.63) is 63.4 Å². The van der Waals surface area contributed by atoms with Gasteiger partial charge in [-0.25, -0.2) is 4.39 Å². The zero-order chi connectivity index (χ0) is 14.5. The fourth-order valence-corrected chi connectivity index (χ4v) is 2.87. The van der Waals surface area contributed by atoms with E-state index in [4.69, 9.17) is 10.00 Å². The number of ether oxygens (including phenoxy) is 1. The molecule has 2 aromatic rings. The standard InChI is InChI=1S/C15H10Br2FNO/c16-7-12-6-13(3-4-14(12)17)20-9-11-2-1-10(8-19)5-15(11)18/h1-6H,7,9H2. The van der Waals surface area contributed by atoms with Crippen molar-refractivity contribution in [3.8, 4) is 11.8 Å². The SMILES string of the molecule is N#Cc1ccc(COc2ccc(Br)c(CBr)c2)c(F)c1. The van der Waals surface area contributed by atoms with E-state index in [0.717, 1.165) is 10.0 Å². The first-order chi connectivity index (χ1) is 9.63. The van der Waals surface area contributed by atoms with Crippen LogP contribution in [-0.2, 0) is 11.9 Å². The maximum atomic E-state index is 13.7. The smallest absolute Gasteiger partial charge is 0.131 e. The summed E-state index contributed by atoms with van der Waals surface area (Å²) in [6, 6.07) is 11.9. The van der Waals surface area contributed by atoms with Crippen LogP contribution in [0.25, 0.3) is 0 Å². The lowest BCUT2D eigenvalue weighted by molar-refractivity contribution is 0.299. The van der Waals surface area contributed by atoms with Crippen molar-refractivity contribution in [1.82, 2.24) is 0 Å². The molecule has 102 valence electrons. The van der Waals surface area contributed by atoms with E-state index in [0.29, 0.717) is 22.2 Å². The highest BCUT2D eigenvalue weighted by Gasteiger charge is 2.06. The average Bonchev–Trinajstić information content (AvgIpc) is 2.47. The number of hydrogen-bond donors (Lipinski definition) is 0. The van der Waals surface area contributed by atoms with Gasteiger partial charge >= 0.3 is 0 Å². The Balaban J connectivity index is 2.11. The molecule has 0 aromatic heterocycles. The molecule has 20 heavy (non-hydrogen) atoms. The van der Waals surface area contributed by atoms with Gasteiger partial charge in [0.2, 0.25) is 0 Å². The van der Waals surface area contributed by atoms with E-state index in [1.807, 2.05) is 24.3 Å². The van der Waals surface area contributed by atoms with E-state index in [1.165, 1.54) is 6.07 Å². The second kappa shape index (κ2) is 6.87. The summed E-state index contributed by atoms with van der Waals surface area (Å²) in [5, 5.41) is 9.39. The fraction of sp³-hybridized carbons (Fsp3) is 0.133. The Labute approximate surface area is 133 Å². The minimum Gasteiger partial charge on any atom is -0.489 e. The van der Waals surface area contributed by atoms with Gasteiger partial charge in [-0.2, -0.15) is 5.26 Å². The summed E-state index contributed by atoms with van der Waals surface area (Å²) in [4.78, 5) is 0. The third-order valence-electron chi connectivity index (χ3n) is 2.74. The zero-order valence-electron chi connectivity index (χ0n) is 10.4. The van der Waals surface area contributed by atoms with Crippen molar-refractivity contribution >= 4 is 31.9 Å². The second-order valence-corrected chi connectivity index (χ2v) is 5.51. The highest BCUT2D eigenvalue weighted by molar-refractivity contribution is 9.10. The Kier molecular flexibility index (Phi) is 5.16. The maximum Gasteiger partial charge on any atom is 0.131 e. The summed E-state index contributed by atoms with van der Waals surface area (Å²) in [6.07, 6.45) is 0. The molecule has 0 unspecified atom stereocenters. The van der Waals surface area contributed by atoms with Gasteiger partial charge in [0.25, 0.3) is 0 Å². The fourth-order valence-electron chi connectivity index (χ4n) is 1.64. The Morgan fingerprint density at radius 1 is 1.15 bits per heavy atom. The molecule has 0 fully saturated rings. The van der Waals surface area contributed by atoms with Crippen LogP contribution in [0.3, 0.4) is 0 Å². The Bertz CT molecular complexity index is 667. The second-order valence-electron chi connectivity index (χ2n) is 4.09. The molecule has 0 heterocycles. The van der Waals surface area contributed by atoms with Crippen molar-refractivity contribution < 1.29 is 9.13 Å². The molecule has 0 bridgehead atoms. The van der Waals surface area contributed by atoms with Crippen LogP contribution in [0.1, 0.15) is 16.7 Å². The molecule has 0 saturated carbocycles. The molecule has 0 spiro atoms. The van der Waals surface area contributed by atoms with E-state index in [2.05, 4.69) is 31.9 Å².